The Morgan fingerprint density at radius 2 is 1.87 bits per heavy atom. The second kappa shape index (κ2) is 8.68. The molecule has 2 aromatic carbocycles. The fourth-order valence-corrected chi connectivity index (χ4v) is 2.43. The minimum atomic E-state index is 0.618. The Kier molecular flexibility index (Phi) is 6.60. The summed E-state index contributed by atoms with van der Waals surface area (Å²) in [7, 11) is 0. The van der Waals surface area contributed by atoms with E-state index < -0.39 is 0 Å². The molecule has 0 fully saturated rings. The number of benzene rings is 2. The Labute approximate surface area is 143 Å². The topological polar surface area (TPSA) is 30.5 Å². The molecular weight excluding hydrogens is 310 g/mol. The van der Waals surface area contributed by atoms with E-state index in [1.807, 2.05) is 44.2 Å². The van der Waals surface area contributed by atoms with E-state index in [-0.39, 0.29) is 0 Å². The Hall–Kier alpha value is -1.87. The molecule has 0 radical (unpaired) electrons. The van der Waals surface area contributed by atoms with Crippen molar-refractivity contribution in [1.29, 1.82) is 0 Å². The molecule has 2 aromatic rings. The molecule has 0 aromatic heterocycles. The zero-order chi connectivity index (χ0) is 16.7. The number of ether oxygens (including phenoxy) is 2. The molecule has 0 aliphatic heterocycles. The van der Waals surface area contributed by atoms with Gasteiger partial charge in [0.1, 0.15) is 0 Å². The lowest BCUT2D eigenvalue weighted by Gasteiger charge is -2.14. The second-order valence-electron chi connectivity index (χ2n) is 5.33. The van der Waals surface area contributed by atoms with Crippen molar-refractivity contribution in [2.75, 3.05) is 18.5 Å². The van der Waals surface area contributed by atoms with Crippen LogP contribution in [0.25, 0.3) is 0 Å². The number of rotatable bonds is 8. The first kappa shape index (κ1) is 17.5. The van der Waals surface area contributed by atoms with E-state index in [0.717, 1.165) is 39.8 Å². The smallest absolute Gasteiger partial charge is 0.161 e. The van der Waals surface area contributed by atoms with Crippen LogP contribution >= 0.6 is 11.6 Å². The third-order valence-corrected chi connectivity index (χ3v) is 3.93. The number of hydrogen-bond acceptors (Lipinski definition) is 3. The highest BCUT2D eigenvalue weighted by Gasteiger charge is 2.07. The van der Waals surface area contributed by atoms with Crippen molar-refractivity contribution in [3.63, 3.8) is 0 Å². The quantitative estimate of drug-likeness (QED) is 0.697. The minimum Gasteiger partial charge on any atom is -0.490 e. The molecule has 0 saturated carbocycles. The third-order valence-electron chi connectivity index (χ3n) is 3.52. The van der Waals surface area contributed by atoms with Gasteiger partial charge in [-0.3, -0.25) is 0 Å². The molecule has 0 heterocycles. The lowest BCUT2D eigenvalue weighted by Crippen LogP contribution is -2.04. The molecule has 0 amide bonds. The molecule has 0 bridgehead atoms. The first-order chi connectivity index (χ1) is 11.2. The molecule has 0 aliphatic rings. The van der Waals surface area contributed by atoms with Crippen LogP contribution in [-0.2, 0) is 6.54 Å². The van der Waals surface area contributed by atoms with Crippen LogP contribution in [0.1, 0.15) is 31.4 Å². The van der Waals surface area contributed by atoms with Crippen LogP contribution in [0.5, 0.6) is 11.5 Å². The predicted molar refractivity (Wildman–Crippen MR) is 96.9 cm³/mol. The maximum absolute atomic E-state index is 6.15. The van der Waals surface area contributed by atoms with Gasteiger partial charge in [-0.2, -0.15) is 0 Å². The molecule has 0 unspecified atom stereocenters. The molecule has 0 aliphatic carbocycles. The van der Waals surface area contributed by atoms with Crippen LogP contribution in [0, 0.1) is 6.92 Å². The summed E-state index contributed by atoms with van der Waals surface area (Å²) in [6.45, 7) is 8.09. The van der Waals surface area contributed by atoms with Gasteiger partial charge >= 0.3 is 0 Å². The van der Waals surface area contributed by atoms with Gasteiger partial charge < -0.3 is 14.8 Å². The molecule has 4 heteroatoms. The van der Waals surface area contributed by atoms with E-state index in [1.165, 1.54) is 0 Å². The second-order valence-corrected chi connectivity index (χ2v) is 5.74. The van der Waals surface area contributed by atoms with Crippen LogP contribution in [0.2, 0.25) is 5.02 Å². The SMILES string of the molecule is CCCOc1ccc(CNc2cccc(Cl)c2C)cc1OCC. The van der Waals surface area contributed by atoms with Crippen LogP contribution in [0.15, 0.2) is 36.4 Å². The molecular formula is C19H24ClNO2. The van der Waals surface area contributed by atoms with Crippen LogP contribution in [-0.4, -0.2) is 13.2 Å². The Morgan fingerprint density at radius 3 is 2.61 bits per heavy atom. The molecule has 1 N–H and O–H groups in total. The fourth-order valence-electron chi connectivity index (χ4n) is 2.26. The van der Waals surface area contributed by atoms with Crippen molar-refractivity contribution < 1.29 is 9.47 Å². The van der Waals surface area contributed by atoms with E-state index in [9.17, 15) is 0 Å². The summed E-state index contributed by atoms with van der Waals surface area (Å²) in [5, 5.41) is 4.19. The number of halogens is 1. The highest BCUT2D eigenvalue weighted by atomic mass is 35.5. The van der Waals surface area contributed by atoms with Gasteiger partial charge in [0.05, 0.1) is 13.2 Å². The van der Waals surface area contributed by atoms with Gasteiger partial charge in [0.2, 0.25) is 0 Å². The molecule has 0 spiro atoms. The van der Waals surface area contributed by atoms with Gasteiger partial charge in [0.15, 0.2) is 11.5 Å². The highest BCUT2D eigenvalue weighted by Crippen LogP contribution is 2.29. The van der Waals surface area contributed by atoms with Crippen molar-refractivity contribution in [3.05, 3.63) is 52.5 Å². The van der Waals surface area contributed by atoms with Gasteiger partial charge in [-0.25, -0.2) is 0 Å². The summed E-state index contributed by atoms with van der Waals surface area (Å²) < 4.78 is 11.4. The molecule has 0 saturated heterocycles. The normalized spacial score (nSPS) is 10.4. The van der Waals surface area contributed by atoms with Gasteiger partial charge in [0, 0.05) is 17.3 Å². The van der Waals surface area contributed by atoms with E-state index in [0.29, 0.717) is 19.8 Å². The van der Waals surface area contributed by atoms with E-state index in [4.69, 9.17) is 21.1 Å². The lowest BCUT2D eigenvalue weighted by atomic mass is 10.1. The van der Waals surface area contributed by atoms with Gasteiger partial charge in [-0.15, -0.1) is 0 Å². The lowest BCUT2D eigenvalue weighted by molar-refractivity contribution is 0.276. The van der Waals surface area contributed by atoms with Crippen LogP contribution < -0.4 is 14.8 Å². The molecule has 2 rings (SSSR count). The first-order valence-corrected chi connectivity index (χ1v) is 8.41. The maximum atomic E-state index is 6.15. The van der Waals surface area contributed by atoms with Crippen LogP contribution in [0.4, 0.5) is 5.69 Å². The van der Waals surface area contributed by atoms with Crippen molar-refractivity contribution in [3.8, 4) is 11.5 Å². The average Bonchev–Trinajstić information content (AvgIpc) is 2.55. The van der Waals surface area contributed by atoms with Crippen molar-refractivity contribution >= 4 is 17.3 Å². The van der Waals surface area contributed by atoms with E-state index in [1.54, 1.807) is 0 Å². The maximum Gasteiger partial charge on any atom is 0.161 e. The fraction of sp³-hybridized carbons (Fsp3) is 0.368. The van der Waals surface area contributed by atoms with Crippen molar-refractivity contribution in [2.24, 2.45) is 0 Å². The Morgan fingerprint density at radius 1 is 1.04 bits per heavy atom. The summed E-state index contributed by atoms with van der Waals surface area (Å²) >= 11 is 6.15. The van der Waals surface area contributed by atoms with E-state index in [2.05, 4.69) is 18.3 Å². The number of hydrogen-bond donors (Lipinski definition) is 1. The van der Waals surface area contributed by atoms with Gasteiger partial charge in [-0.05, 0) is 55.7 Å². The highest BCUT2D eigenvalue weighted by molar-refractivity contribution is 6.31. The van der Waals surface area contributed by atoms with Crippen molar-refractivity contribution in [2.45, 2.75) is 33.7 Å². The van der Waals surface area contributed by atoms with E-state index >= 15 is 0 Å². The first-order valence-electron chi connectivity index (χ1n) is 8.03. The molecule has 23 heavy (non-hydrogen) atoms. The summed E-state index contributed by atoms with van der Waals surface area (Å²) in [6, 6.07) is 11.9. The summed E-state index contributed by atoms with van der Waals surface area (Å²) in [4.78, 5) is 0. The Bertz CT molecular complexity index is 643. The Balaban J connectivity index is 2.10. The summed E-state index contributed by atoms with van der Waals surface area (Å²) in [6.07, 6.45) is 0.975. The molecule has 0 atom stereocenters. The predicted octanol–water partition coefficient (Wildman–Crippen LogP) is 5.45. The zero-order valence-corrected chi connectivity index (χ0v) is 14.7. The van der Waals surface area contributed by atoms with Gasteiger partial charge in [0.25, 0.3) is 0 Å². The monoisotopic (exact) mass is 333 g/mol. The van der Waals surface area contributed by atoms with Gasteiger partial charge in [-0.1, -0.05) is 30.7 Å². The van der Waals surface area contributed by atoms with Crippen LogP contribution in [0.3, 0.4) is 0 Å². The molecule has 3 nitrogen and oxygen atoms in total. The largest absolute Gasteiger partial charge is 0.490 e. The minimum absolute atomic E-state index is 0.618. The molecule has 124 valence electrons. The summed E-state index contributed by atoms with van der Waals surface area (Å²) in [5.74, 6) is 1.60. The summed E-state index contributed by atoms with van der Waals surface area (Å²) in [5.41, 5.74) is 3.24. The number of nitrogens with one attached hydrogen (secondary N) is 1. The number of anilines is 1. The third kappa shape index (κ3) is 4.80. The zero-order valence-electron chi connectivity index (χ0n) is 14.0. The standard InChI is InChI=1S/C19H24ClNO2/c1-4-11-23-18-10-9-15(12-19(18)22-5-2)13-21-17-8-6-7-16(20)14(17)3/h6-10,12,21H,4-5,11,13H2,1-3H3. The van der Waals surface area contributed by atoms with Crippen molar-refractivity contribution in [1.82, 2.24) is 0 Å². The average molecular weight is 334 g/mol.